The van der Waals surface area contributed by atoms with Gasteiger partial charge in [0.25, 0.3) is 0 Å². The summed E-state index contributed by atoms with van der Waals surface area (Å²) in [4.78, 5) is 3.72. The number of aliphatic hydroxyl groups excluding tert-OH is 1. The summed E-state index contributed by atoms with van der Waals surface area (Å²) < 4.78 is 4.65. The molecule has 0 aliphatic heterocycles. The Morgan fingerprint density at radius 2 is 2.60 bits per heavy atom. The first-order valence-corrected chi connectivity index (χ1v) is 2.97. The minimum atomic E-state index is -0.340. The highest BCUT2D eigenvalue weighted by atomic mass is 16.5. The molecule has 1 heterocycles. The van der Waals surface area contributed by atoms with E-state index in [9.17, 15) is 0 Å². The molecule has 0 amide bonds. The van der Waals surface area contributed by atoms with Crippen LogP contribution in [0.2, 0.25) is 0 Å². The summed E-state index contributed by atoms with van der Waals surface area (Å²) in [7, 11) is 0. The lowest BCUT2D eigenvalue weighted by atomic mass is 10.2. The summed E-state index contributed by atoms with van der Waals surface area (Å²) in [5.74, 6) is 0.369. The van der Waals surface area contributed by atoms with E-state index in [1.807, 2.05) is 0 Å². The lowest BCUT2D eigenvalue weighted by molar-refractivity contribution is 0.259. The molecule has 0 aliphatic rings. The summed E-state index contributed by atoms with van der Waals surface area (Å²) in [6.45, 7) is 0.0313. The van der Waals surface area contributed by atoms with E-state index >= 15 is 0 Å². The van der Waals surface area contributed by atoms with Crippen molar-refractivity contribution in [3.8, 4) is 0 Å². The molecule has 3 N–H and O–H groups in total. The minimum absolute atomic E-state index is 0.0313. The van der Waals surface area contributed by atoms with Gasteiger partial charge in [-0.25, -0.2) is 0 Å². The van der Waals surface area contributed by atoms with Gasteiger partial charge in [-0.1, -0.05) is 5.16 Å². The fraction of sp³-hybridized carbons (Fsp3) is 0.600. The number of rotatable bonds is 3. The quantitative estimate of drug-likeness (QED) is 0.593. The van der Waals surface area contributed by atoms with Crippen molar-refractivity contribution in [1.29, 1.82) is 0 Å². The molecule has 0 aliphatic carbocycles. The molecule has 1 unspecified atom stereocenters. The van der Waals surface area contributed by atoms with Crippen LogP contribution in [0.15, 0.2) is 10.9 Å². The summed E-state index contributed by atoms with van der Waals surface area (Å²) in [6, 6.07) is -0.340. The van der Waals surface area contributed by atoms with E-state index in [-0.39, 0.29) is 12.6 Å². The van der Waals surface area contributed by atoms with E-state index in [2.05, 4.69) is 14.7 Å². The lowest BCUT2D eigenvalue weighted by Gasteiger charge is -2.01. The number of hydrogen-bond acceptors (Lipinski definition) is 5. The van der Waals surface area contributed by atoms with E-state index in [0.717, 1.165) is 0 Å². The number of nitrogens with two attached hydrogens (primary N) is 1. The van der Waals surface area contributed by atoms with E-state index < -0.39 is 0 Å². The highest BCUT2D eigenvalue weighted by Gasteiger charge is 2.09. The summed E-state index contributed by atoms with van der Waals surface area (Å²) >= 11 is 0. The van der Waals surface area contributed by atoms with Crippen molar-refractivity contribution >= 4 is 0 Å². The van der Waals surface area contributed by atoms with Crippen LogP contribution in [0.5, 0.6) is 0 Å². The Balaban J connectivity index is 2.50. The Labute approximate surface area is 57.8 Å². The minimum Gasteiger partial charge on any atom is -0.396 e. The molecule has 0 bridgehead atoms. The van der Waals surface area contributed by atoms with Crippen molar-refractivity contribution in [3.63, 3.8) is 0 Å². The Kier molecular flexibility index (Phi) is 2.35. The molecule has 0 fully saturated rings. The highest BCUT2D eigenvalue weighted by molar-refractivity contribution is 4.83. The van der Waals surface area contributed by atoms with Gasteiger partial charge in [0.1, 0.15) is 0 Å². The third-order valence-corrected chi connectivity index (χ3v) is 1.14. The molecule has 5 nitrogen and oxygen atoms in total. The number of nitrogens with zero attached hydrogens (tertiary/aromatic N) is 2. The highest BCUT2D eigenvalue weighted by Crippen LogP contribution is 2.07. The molecule has 1 aromatic rings. The van der Waals surface area contributed by atoms with Crippen molar-refractivity contribution in [2.75, 3.05) is 6.61 Å². The zero-order chi connectivity index (χ0) is 7.40. The standard InChI is InChI=1S/C5H9N3O2/c6-4(1-2-9)5-7-3-8-10-5/h3-4,9H,1-2,6H2. The van der Waals surface area contributed by atoms with Gasteiger partial charge in [0.15, 0.2) is 6.33 Å². The molecule has 1 aromatic heterocycles. The summed E-state index contributed by atoms with van der Waals surface area (Å²) in [6.07, 6.45) is 1.73. The van der Waals surface area contributed by atoms with Crippen LogP contribution >= 0.6 is 0 Å². The van der Waals surface area contributed by atoms with E-state index in [1.54, 1.807) is 0 Å². The monoisotopic (exact) mass is 143 g/mol. The first-order valence-electron chi connectivity index (χ1n) is 2.97. The van der Waals surface area contributed by atoms with Crippen LogP contribution in [-0.4, -0.2) is 21.9 Å². The molecule has 0 radical (unpaired) electrons. The maximum atomic E-state index is 8.47. The zero-order valence-electron chi connectivity index (χ0n) is 5.40. The van der Waals surface area contributed by atoms with E-state index in [4.69, 9.17) is 10.8 Å². The maximum Gasteiger partial charge on any atom is 0.243 e. The van der Waals surface area contributed by atoms with Crippen molar-refractivity contribution < 1.29 is 9.63 Å². The lowest BCUT2D eigenvalue weighted by Crippen LogP contribution is -2.11. The molecule has 0 spiro atoms. The molecular formula is C5H9N3O2. The van der Waals surface area contributed by atoms with E-state index in [1.165, 1.54) is 6.33 Å². The van der Waals surface area contributed by atoms with Gasteiger partial charge in [0, 0.05) is 6.61 Å². The van der Waals surface area contributed by atoms with Gasteiger partial charge in [-0.15, -0.1) is 0 Å². The van der Waals surface area contributed by atoms with Crippen molar-refractivity contribution in [3.05, 3.63) is 12.2 Å². The predicted molar refractivity (Wildman–Crippen MR) is 32.9 cm³/mol. The van der Waals surface area contributed by atoms with Crippen LogP contribution in [-0.2, 0) is 0 Å². The molecule has 0 saturated heterocycles. The van der Waals surface area contributed by atoms with Gasteiger partial charge >= 0.3 is 0 Å². The van der Waals surface area contributed by atoms with Crippen LogP contribution in [0.4, 0.5) is 0 Å². The number of aromatic nitrogens is 2. The molecule has 0 saturated carbocycles. The van der Waals surface area contributed by atoms with Crippen LogP contribution in [0.25, 0.3) is 0 Å². The molecule has 1 rings (SSSR count). The summed E-state index contributed by atoms with van der Waals surface area (Å²) in [5.41, 5.74) is 5.49. The van der Waals surface area contributed by atoms with Crippen LogP contribution in [0, 0.1) is 0 Å². The topological polar surface area (TPSA) is 85.2 Å². The van der Waals surface area contributed by atoms with Gasteiger partial charge in [-0.2, -0.15) is 4.98 Å². The molecule has 56 valence electrons. The molecular weight excluding hydrogens is 134 g/mol. The van der Waals surface area contributed by atoms with Gasteiger partial charge in [0.05, 0.1) is 6.04 Å². The second-order valence-corrected chi connectivity index (χ2v) is 1.90. The first kappa shape index (κ1) is 7.17. The van der Waals surface area contributed by atoms with Gasteiger partial charge in [0.2, 0.25) is 5.89 Å². The van der Waals surface area contributed by atoms with Crippen molar-refractivity contribution in [1.82, 2.24) is 10.1 Å². The second-order valence-electron chi connectivity index (χ2n) is 1.90. The normalized spacial score (nSPS) is 13.4. The molecule has 5 heteroatoms. The smallest absolute Gasteiger partial charge is 0.243 e. The van der Waals surface area contributed by atoms with E-state index in [0.29, 0.717) is 12.3 Å². The largest absolute Gasteiger partial charge is 0.396 e. The molecule has 10 heavy (non-hydrogen) atoms. The fourth-order valence-electron chi connectivity index (χ4n) is 0.608. The Hall–Kier alpha value is -0.940. The molecule has 1 atom stereocenters. The maximum absolute atomic E-state index is 8.47. The van der Waals surface area contributed by atoms with Gasteiger partial charge in [-0.05, 0) is 6.42 Å². The second kappa shape index (κ2) is 3.28. The number of hydrogen-bond donors (Lipinski definition) is 2. The molecule has 0 aromatic carbocycles. The van der Waals surface area contributed by atoms with Gasteiger partial charge < -0.3 is 15.4 Å². The zero-order valence-corrected chi connectivity index (χ0v) is 5.40. The number of aliphatic hydroxyl groups is 1. The average molecular weight is 143 g/mol. The van der Waals surface area contributed by atoms with Crippen molar-refractivity contribution in [2.45, 2.75) is 12.5 Å². The van der Waals surface area contributed by atoms with Crippen LogP contribution < -0.4 is 5.73 Å². The van der Waals surface area contributed by atoms with Gasteiger partial charge in [-0.3, -0.25) is 0 Å². The SMILES string of the molecule is NC(CCO)c1ncno1. The Bertz CT molecular complexity index is 175. The van der Waals surface area contributed by atoms with Crippen LogP contribution in [0.1, 0.15) is 18.4 Å². The summed E-state index contributed by atoms with van der Waals surface area (Å²) in [5, 5.41) is 11.8. The Morgan fingerprint density at radius 3 is 3.10 bits per heavy atom. The first-order chi connectivity index (χ1) is 4.84. The average Bonchev–Trinajstić information content (AvgIpc) is 2.38. The Morgan fingerprint density at radius 1 is 1.80 bits per heavy atom. The predicted octanol–water partition coefficient (Wildman–Crippen LogP) is -0.548. The van der Waals surface area contributed by atoms with Crippen molar-refractivity contribution in [2.24, 2.45) is 5.73 Å². The fourth-order valence-corrected chi connectivity index (χ4v) is 0.608. The van der Waals surface area contributed by atoms with Crippen LogP contribution in [0.3, 0.4) is 0 Å². The third-order valence-electron chi connectivity index (χ3n) is 1.14. The third kappa shape index (κ3) is 1.52.